The first-order valence-electron chi connectivity index (χ1n) is 9.78. The summed E-state index contributed by atoms with van der Waals surface area (Å²) < 4.78 is 5.80. The van der Waals surface area contributed by atoms with Gasteiger partial charge >= 0.3 is 6.03 Å². The van der Waals surface area contributed by atoms with Crippen LogP contribution in [-0.4, -0.2) is 53.3 Å². The number of piperidine rings is 1. The van der Waals surface area contributed by atoms with Gasteiger partial charge in [0.15, 0.2) is 0 Å². The molecule has 0 aliphatic carbocycles. The molecule has 2 aromatic rings. The second kappa shape index (κ2) is 10.6. The van der Waals surface area contributed by atoms with Gasteiger partial charge in [-0.2, -0.15) is 0 Å². The van der Waals surface area contributed by atoms with Crippen LogP contribution in [0, 0.1) is 0 Å². The molecule has 3 rings (SSSR count). The first-order chi connectivity index (χ1) is 13.7. The fourth-order valence-corrected chi connectivity index (χ4v) is 3.24. The van der Waals surface area contributed by atoms with Crippen LogP contribution >= 0.6 is 0 Å². The van der Waals surface area contributed by atoms with Crippen molar-refractivity contribution in [2.75, 3.05) is 31.5 Å². The van der Waals surface area contributed by atoms with E-state index < -0.39 is 0 Å². The summed E-state index contributed by atoms with van der Waals surface area (Å²) in [7, 11) is 0. The predicted molar refractivity (Wildman–Crippen MR) is 108 cm³/mol. The van der Waals surface area contributed by atoms with Gasteiger partial charge in [0.2, 0.25) is 0 Å². The summed E-state index contributed by atoms with van der Waals surface area (Å²) in [6, 6.07) is 12.7. The molecule has 1 aliphatic heterocycles. The molecule has 1 saturated heterocycles. The number of carbonyl (C=O) groups is 1. The summed E-state index contributed by atoms with van der Waals surface area (Å²) in [6.07, 6.45) is 4.27. The number of hydrogen-bond donors (Lipinski definition) is 3. The smallest absolute Gasteiger partial charge is 0.319 e. The van der Waals surface area contributed by atoms with Crippen molar-refractivity contribution in [1.82, 2.24) is 15.2 Å². The minimum Gasteiger partial charge on any atom is -0.485 e. The molecule has 1 aliphatic rings. The number of carbonyl (C=O) groups excluding carboxylic acids is 1. The van der Waals surface area contributed by atoms with Gasteiger partial charge in [0.05, 0.1) is 17.5 Å². The minimum absolute atomic E-state index is 0.215. The Hall–Kier alpha value is -2.64. The van der Waals surface area contributed by atoms with Gasteiger partial charge in [-0.3, -0.25) is 4.98 Å². The highest BCUT2D eigenvalue weighted by atomic mass is 16.5. The highest BCUT2D eigenvalue weighted by molar-refractivity contribution is 5.90. The third-order valence-electron chi connectivity index (χ3n) is 4.65. The van der Waals surface area contributed by atoms with Gasteiger partial charge in [0.25, 0.3) is 0 Å². The molecular weight excluding hydrogens is 356 g/mol. The zero-order chi connectivity index (χ0) is 19.6. The molecule has 1 fully saturated rings. The van der Waals surface area contributed by atoms with Gasteiger partial charge in [-0.05, 0) is 56.6 Å². The minimum atomic E-state index is -0.257. The van der Waals surface area contributed by atoms with Crippen molar-refractivity contribution in [3.8, 4) is 5.75 Å². The third-order valence-corrected chi connectivity index (χ3v) is 4.65. The lowest BCUT2D eigenvalue weighted by atomic mass is 10.1. The summed E-state index contributed by atoms with van der Waals surface area (Å²) in [6.45, 7) is 3.54. The predicted octanol–water partition coefficient (Wildman–Crippen LogP) is 2.63. The summed E-state index contributed by atoms with van der Waals surface area (Å²) in [4.78, 5) is 18.7. The van der Waals surface area contributed by atoms with E-state index in [0.29, 0.717) is 24.6 Å². The van der Waals surface area contributed by atoms with E-state index in [1.54, 1.807) is 6.20 Å². The number of hydrogen-bond acceptors (Lipinski definition) is 5. The normalized spacial score (nSPS) is 17.1. The van der Waals surface area contributed by atoms with Crippen molar-refractivity contribution in [2.45, 2.75) is 32.0 Å². The van der Waals surface area contributed by atoms with E-state index in [2.05, 4.69) is 20.5 Å². The molecule has 1 unspecified atom stereocenters. The van der Waals surface area contributed by atoms with Gasteiger partial charge in [-0.25, -0.2) is 4.79 Å². The fourth-order valence-electron chi connectivity index (χ4n) is 3.24. The Morgan fingerprint density at radius 1 is 1.25 bits per heavy atom. The van der Waals surface area contributed by atoms with E-state index in [9.17, 15) is 9.90 Å². The average Bonchev–Trinajstić information content (AvgIpc) is 2.71. The fraction of sp³-hybridized carbons (Fsp3) is 0.429. The molecule has 7 heteroatoms. The molecule has 3 N–H and O–H groups in total. The molecule has 150 valence electrons. The van der Waals surface area contributed by atoms with Crippen LogP contribution in [0.1, 0.15) is 25.0 Å². The summed E-state index contributed by atoms with van der Waals surface area (Å²) >= 11 is 0. The Balaban J connectivity index is 1.41. The number of para-hydroxylation sites is 2. The van der Waals surface area contributed by atoms with E-state index >= 15 is 0 Å². The molecule has 28 heavy (non-hydrogen) atoms. The Labute approximate surface area is 165 Å². The van der Waals surface area contributed by atoms with E-state index in [1.807, 2.05) is 42.5 Å². The van der Waals surface area contributed by atoms with Crippen LogP contribution < -0.4 is 15.4 Å². The maximum absolute atomic E-state index is 12.2. The molecule has 7 nitrogen and oxygen atoms in total. The van der Waals surface area contributed by atoms with E-state index in [0.717, 1.165) is 44.6 Å². The van der Waals surface area contributed by atoms with Crippen LogP contribution in [0.3, 0.4) is 0 Å². The highest BCUT2D eigenvalue weighted by Gasteiger charge is 2.16. The summed E-state index contributed by atoms with van der Waals surface area (Å²) in [5, 5.41) is 15.4. The van der Waals surface area contributed by atoms with Crippen LogP contribution in [0.5, 0.6) is 5.75 Å². The lowest BCUT2D eigenvalue weighted by molar-refractivity contribution is 0.0703. The molecule has 1 atom stereocenters. The zero-order valence-corrected chi connectivity index (χ0v) is 16.0. The van der Waals surface area contributed by atoms with Crippen molar-refractivity contribution >= 4 is 11.7 Å². The Bertz CT molecular complexity index is 741. The number of amides is 2. The van der Waals surface area contributed by atoms with Crippen molar-refractivity contribution < 1.29 is 14.6 Å². The molecule has 2 heterocycles. The number of ether oxygens (including phenoxy) is 1. The van der Waals surface area contributed by atoms with E-state index in [4.69, 9.17) is 4.74 Å². The number of anilines is 1. The van der Waals surface area contributed by atoms with Crippen molar-refractivity contribution in [3.05, 3.63) is 54.4 Å². The SMILES string of the molecule is O=C(NCCCN1CCCC(O)C1)Nc1ccccc1OCc1ccccn1. The van der Waals surface area contributed by atoms with Crippen LogP contribution in [-0.2, 0) is 6.61 Å². The molecule has 0 radical (unpaired) electrons. The largest absolute Gasteiger partial charge is 0.485 e. The number of aliphatic hydroxyl groups is 1. The number of β-amino-alcohol motifs (C(OH)–C–C–N with tert-alkyl or cyclic N) is 1. The highest BCUT2D eigenvalue weighted by Crippen LogP contribution is 2.24. The van der Waals surface area contributed by atoms with Gasteiger partial charge in [-0.1, -0.05) is 18.2 Å². The first-order valence-corrected chi connectivity index (χ1v) is 9.78. The number of benzene rings is 1. The van der Waals surface area contributed by atoms with Gasteiger partial charge in [0.1, 0.15) is 12.4 Å². The monoisotopic (exact) mass is 384 g/mol. The maximum atomic E-state index is 12.2. The number of aliphatic hydroxyl groups excluding tert-OH is 1. The number of nitrogens with one attached hydrogen (secondary N) is 2. The van der Waals surface area contributed by atoms with Gasteiger partial charge < -0.3 is 25.4 Å². The topological polar surface area (TPSA) is 86.7 Å². The molecular formula is C21H28N4O3. The molecule has 1 aromatic carbocycles. The number of pyridine rings is 1. The second-order valence-corrected chi connectivity index (χ2v) is 6.94. The third kappa shape index (κ3) is 6.51. The standard InChI is InChI=1S/C21H28N4O3/c26-18-8-5-13-25(15-18)14-6-12-23-21(27)24-19-9-1-2-10-20(19)28-16-17-7-3-4-11-22-17/h1-4,7,9-11,18,26H,5-6,8,12-16H2,(H2,23,24,27). The van der Waals surface area contributed by atoms with Crippen molar-refractivity contribution in [3.63, 3.8) is 0 Å². The lowest BCUT2D eigenvalue weighted by Crippen LogP contribution is -2.40. The van der Waals surface area contributed by atoms with Gasteiger partial charge in [-0.15, -0.1) is 0 Å². The number of rotatable bonds is 8. The van der Waals surface area contributed by atoms with Crippen LogP contribution in [0.2, 0.25) is 0 Å². The maximum Gasteiger partial charge on any atom is 0.319 e. The Kier molecular flexibility index (Phi) is 7.63. The summed E-state index contributed by atoms with van der Waals surface area (Å²) in [5.41, 5.74) is 1.44. The van der Waals surface area contributed by atoms with Crippen molar-refractivity contribution in [1.29, 1.82) is 0 Å². The van der Waals surface area contributed by atoms with E-state index in [1.165, 1.54) is 0 Å². The number of likely N-dealkylation sites (tertiary alicyclic amines) is 1. The van der Waals surface area contributed by atoms with Crippen molar-refractivity contribution in [2.24, 2.45) is 0 Å². The lowest BCUT2D eigenvalue weighted by Gasteiger charge is -2.29. The molecule has 0 bridgehead atoms. The molecule has 1 aromatic heterocycles. The van der Waals surface area contributed by atoms with Crippen LogP contribution in [0.15, 0.2) is 48.7 Å². The Morgan fingerprint density at radius 2 is 2.11 bits per heavy atom. The molecule has 2 amide bonds. The quantitative estimate of drug-likeness (QED) is 0.609. The Morgan fingerprint density at radius 3 is 2.93 bits per heavy atom. The summed E-state index contributed by atoms with van der Waals surface area (Å²) in [5.74, 6) is 0.602. The molecule has 0 saturated carbocycles. The van der Waals surface area contributed by atoms with E-state index in [-0.39, 0.29) is 12.1 Å². The van der Waals surface area contributed by atoms with Crippen LogP contribution in [0.4, 0.5) is 10.5 Å². The molecule has 0 spiro atoms. The van der Waals surface area contributed by atoms with Crippen LogP contribution in [0.25, 0.3) is 0 Å². The second-order valence-electron chi connectivity index (χ2n) is 6.94. The zero-order valence-electron chi connectivity index (χ0n) is 16.0. The number of urea groups is 1. The number of aromatic nitrogens is 1. The number of nitrogens with zero attached hydrogens (tertiary/aromatic N) is 2. The van der Waals surface area contributed by atoms with Gasteiger partial charge in [0, 0.05) is 19.3 Å². The average molecular weight is 384 g/mol. The first kappa shape index (κ1) is 20.1.